The summed E-state index contributed by atoms with van der Waals surface area (Å²) in [7, 11) is 0. The molecule has 4 heteroatoms. The summed E-state index contributed by atoms with van der Waals surface area (Å²) in [6.45, 7) is 6.69. The van der Waals surface area contributed by atoms with Crippen LogP contribution in [0.1, 0.15) is 49.2 Å². The summed E-state index contributed by atoms with van der Waals surface area (Å²) in [6.07, 6.45) is 5.23. The first-order chi connectivity index (χ1) is 10.6. The van der Waals surface area contributed by atoms with E-state index in [4.69, 9.17) is 0 Å². The molecule has 1 fully saturated rings. The number of likely N-dealkylation sites (tertiary alicyclic amines) is 1. The van der Waals surface area contributed by atoms with Gasteiger partial charge in [-0.05, 0) is 56.9 Å². The quantitative estimate of drug-likeness (QED) is 0.850. The van der Waals surface area contributed by atoms with E-state index >= 15 is 0 Å². The van der Waals surface area contributed by atoms with Crippen molar-refractivity contribution in [1.29, 1.82) is 0 Å². The fourth-order valence-electron chi connectivity index (χ4n) is 3.41. The Bertz CT molecular complexity index is 653. The molecule has 2 aromatic heterocycles. The van der Waals surface area contributed by atoms with E-state index in [9.17, 15) is 4.79 Å². The summed E-state index contributed by atoms with van der Waals surface area (Å²) in [4.78, 5) is 18.4. The van der Waals surface area contributed by atoms with Gasteiger partial charge < -0.3 is 9.47 Å². The highest BCUT2D eigenvalue weighted by Gasteiger charge is 2.26. The molecule has 1 aliphatic heterocycles. The average Bonchev–Trinajstić information content (AvgIpc) is 2.86. The van der Waals surface area contributed by atoms with Gasteiger partial charge >= 0.3 is 0 Å². The highest BCUT2D eigenvalue weighted by molar-refractivity contribution is 5.74. The Labute approximate surface area is 131 Å². The summed E-state index contributed by atoms with van der Waals surface area (Å²) >= 11 is 0. The normalized spacial score (nSPS) is 18.5. The molecular weight excluding hydrogens is 274 g/mol. The van der Waals surface area contributed by atoms with E-state index in [0.29, 0.717) is 0 Å². The van der Waals surface area contributed by atoms with Crippen molar-refractivity contribution in [2.45, 2.75) is 46.1 Å². The van der Waals surface area contributed by atoms with Gasteiger partial charge in [-0.3, -0.25) is 4.79 Å². The molecule has 2 aromatic rings. The average molecular weight is 297 g/mol. The number of nitrogens with zero attached hydrogens (tertiary/aromatic N) is 3. The summed E-state index contributed by atoms with van der Waals surface area (Å²) < 4.78 is 2.15. The lowest BCUT2D eigenvalue weighted by atomic mass is 9.96. The zero-order valence-corrected chi connectivity index (χ0v) is 13.5. The molecule has 0 bridgehead atoms. The Balaban J connectivity index is 1.89. The predicted octanol–water partition coefficient (Wildman–Crippen LogP) is 3.56. The maximum Gasteiger partial charge on any atom is 0.219 e. The first-order valence-corrected chi connectivity index (χ1v) is 7.96. The van der Waals surface area contributed by atoms with Crippen molar-refractivity contribution in [2.75, 3.05) is 6.54 Å². The SMILES string of the molecule is CC(=O)N1CCCCC1c1ccc(-n2c(C)ccc2C)nc1. The molecule has 4 nitrogen and oxygen atoms in total. The van der Waals surface area contributed by atoms with Gasteiger partial charge in [0.1, 0.15) is 5.82 Å². The van der Waals surface area contributed by atoms with Gasteiger partial charge in [-0.25, -0.2) is 4.98 Å². The van der Waals surface area contributed by atoms with Crippen LogP contribution in [0.4, 0.5) is 0 Å². The lowest BCUT2D eigenvalue weighted by Crippen LogP contribution is -2.37. The Morgan fingerprint density at radius 3 is 2.45 bits per heavy atom. The molecule has 22 heavy (non-hydrogen) atoms. The number of piperidine rings is 1. The van der Waals surface area contributed by atoms with Crippen LogP contribution in [-0.4, -0.2) is 26.9 Å². The van der Waals surface area contributed by atoms with E-state index in [1.165, 1.54) is 17.8 Å². The third-order valence-corrected chi connectivity index (χ3v) is 4.56. The van der Waals surface area contributed by atoms with Crippen molar-refractivity contribution in [3.63, 3.8) is 0 Å². The number of rotatable bonds is 2. The molecule has 116 valence electrons. The Morgan fingerprint density at radius 2 is 1.86 bits per heavy atom. The molecule has 1 atom stereocenters. The van der Waals surface area contributed by atoms with Crippen LogP contribution in [-0.2, 0) is 4.79 Å². The third kappa shape index (κ3) is 2.65. The van der Waals surface area contributed by atoms with Crippen LogP contribution in [0.2, 0.25) is 0 Å². The van der Waals surface area contributed by atoms with Crippen molar-refractivity contribution >= 4 is 5.91 Å². The highest BCUT2D eigenvalue weighted by atomic mass is 16.2. The summed E-state index contributed by atoms with van der Waals surface area (Å²) in [5.74, 6) is 1.10. The van der Waals surface area contributed by atoms with Crippen LogP contribution < -0.4 is 0 Å². The largest absolute Gasteiger partial charge is 0.336 e. The van der Waals surface area contributed by atoms with Crippen LogP contribution in [0.3, 0.4) is 0 Å². The van der Waals surface area contributed by atoms with E-state index < -0.39 is 0 Å². The third-order valence-electron chi connectivity index (χ3n) is 4.56. The first kappa shape index (κ1) is 14.8. The minimum atomic E-state index is 0.158. The van der Waals surface area contributed by atoms with Gasteiger partial charge in [-0.2, -0.15) is 0 Å². The summed E-state index contributed by atoms with van der Waals surface area (Å²) in [5, 5.41) is 0. The highest BCUT2D eigenvalue weighted by Crippen LogP contribution is 2.31. The van der Waals surface area contributed by atoms with Gasteiger partial charge in [0.25, 0.3) is 0 Å². The van der Waals surface area contributed by atoms with Crippen LogP contribution in [0, 0.1) is 13.8 Å². The van der Waals surface area contributed by atoms with Crippen molar-refractivity contribution in [1.82, 2.24) is 14.5 Å². The van der Waals surface area contributed by atoms with E-state index in [-0.39, 0.29) is 11.9 Å². The van der Waals surface area contributed by atoms with Crippen LogP contribution in [0.15, 0.2) is 30.5 Å². The molecule has 1 unspecified atom stereocenters. The molecule has 0 spiro atoms. The monoisotopic (exact) mass is 297 g/mol. The Hall–Kier alpha value is -2.10. The van der Waals surface area contributed by atoms with Crippen LogP contribution >= 0.6 is 0 Å². The molecule has 0 saturated carbocycles. The topological polar surface area (TPSA) is 38.1 Å². The molecule has 0 radical (unpaired) electrons. The molecule has 0 aromatic carbocycles. The number of carbonyl (C=O) groups excluding carboxylic acids is 1. The molecule has 1 saturated heterocycles. The van der Waals surface area contributed by atoms with Crippen LogP contribution in [0.25, 0.3) is 5.82 Å². The number of hydrogen-bond donors (Lipinski definition) is 0. The number of hydrogen-bond acceptors (Lipinski definition) is 2. The van der Waals surface area contributed by atoms with E-state index in [1.54, 1.807) is 6.92 Å². The van der Waals surface area contributed by atoms with E-state index in [0.717, 1.165) is 30.8 Å². The number of pyridine rings is 1. The maximum absolute atomic E-state index is 11.8. The van der Waals surface area contributed by atoms with Crippen LogP contribution in [0.5, 0.6) is 0 Å². The standard InChI is InChI=1S/C18H23N3O/c1-13-7-8-14(2)21(13)18-10-9-16(12-19-18)17-6-4-5-11-20(17)15(3)22/h7-10,12,17H,4-6,11H2,1-3H3. The zero-order chi connectivity index (χ0) is 15.7. The lowest BCUT2D eigenvalue weighted by molar-refractivity contribution is -0.132. The number of aromatic nitrogens is 2. The van der Waals surface area contributed by atoms with Gasteiger partial charge in [0, 0.05) is 31.1 Å². The molecular formula is C18H23N3O. The Morgan fingerprint density at radius 1 is 1.14 bits per heavy atom. The van der Waals surface area contributed by atoms with Crippen molar-refractivity contribution in [2.24, 2.45) is 0 Å². The molecule has 0 N–H and O–H groups in total. The summed E-state index contributed by atoms with van der Waals surface area (Å²) in [5.41, 5.74) is 3.50. The predicted molar refractivity (Wildman–Crippen MR) is 87.0 cm³/mol. The lowest BCUT2D eigenvalue weighted by Gasteiger charge is -2.35. The fraction of sp³-hybridized carbons (Fsp3) is 0.444. The molecule has 1 amide bonds. The van der Waals surface area contributed by atoms with Crippen molar-refractivity contribution < 1.29 is 4.79 Å². The van der Waals surface area contributed by atoms with E-state index in [1.807, 2.05) is 11.1 Å². The number of aryl methyl sites for hydroxylation is 2. The number of carbonyl (C=O) groups is 1. The molecule has 3 rings (SSSR count). The smallest absolute Gasteiger partial charge is 0.219 e. The number of amides is 1. The Kier molecular flexibility index (Phi) is 4.01. The minimum Gasteiger partial charge on any atom is -0.336 e. The second kappa shape index (κ2) is 5.95. The minimum absolute atomic E-state index is 0.158. The van der Waals surface area contributed by atoms with Gasteiger partial charge in [-0.15, -0.1) is 0 Å². The zero-order valence-electron chi connectivity index (χ0n) is 13.5. The van der Waals surface area contributed by atoms with Gasteiger partial charge in [0.15, 0.2) is 0 Å². The van der Waals surface area contributed by atoms with Crippen molar-refractivity contribution in [3.8, 4) is 5.82 Å². The van der Waals surface area contributed by atoms with Gasteiger partial charge in [0.05, 0.1) is 6.04 Å². The van der Waals surface area contributed by atoms with E-state index in [2.05, 4.69) is 47.7 Å². The van der Waals surface area contributed by atoms with Gasteiger partial charge in [-0.1, -0.05) is 6.07 Å². The van der Waals surface area contributed by atoms with Gasteiger partial charge in [0.2, 0.25) is 5.91 Å². The first-order valence-electron chi connectivity index (χ1n) is 7.96. The molecule has 1 aliphatic rings. The molecule has 0 aliphatic carbocycles. The van der Waals surface area contributed by atoms with Crippen molar-refractivity contribution in [3.05, 3.63) is 47.4 Å². The summed E-state index contributed by atoms with van der Waals surface area (Å²) in [6, 6.07) is 8.56. The maximum atomic E-state index is 11.8. The second-order valence-corrected chi connectivity index (χ2v) is 6.13. The molecule has 3 heterocycles. The fourth-order valence-corrected chi connectivity index (χ4v) is 3.41. The second-order valence-electron chi connectivity index (χ2n) is 6.13.